The van der Waals surface area contributed by atoms with Gasteiger partial charge >= 0.3 is 0 Å². The molecule has 0 aromatic heterocycles. The number of hydrogen-bond donors (Lipinski definition) is 1. The van der Waals surface area contributed by atoms with E-state index in [1.54, 1.807) is 0 Å². The van der Waals surface area contributed by atoms with Crippen molar-refractivity contribution in [1.82, 2.24) is 5.32 Å². The Labute approximate surface area is 87.2 Å². The minimum absolute atomic E-state index is 0.275. The van der Waals surface area contributed by atoms with Crippen molar-refractivity contribution in [1.29, 1.82) is 0 Å². The van der Waals surface area contributed by atoms with Crippen molar-refractivity contribution < 1.29 is 9.47 Å². The Morgan fingerprint density at radius 3 is 2.86 bits per heavy atom. The normalized spacial score (nSPS) is 27.2. The molecule has 0 aromatic rings. The molecular weight excluding hydrogens is 178 g/mol. The molecule has 0 amide bonds. The summed E-state index contributed by atoms with van der Waals surface area (Å²) in [7, 11) is 2.01. The summed E-state index contributed by atoms with van der Waals surface area (Å²) in [5.74, 6) is 0.607. The lowest BCUT2D eigenvalue weighted by Crippen LogP contribution is -2.46. The zero-order valence-corrected chi connectivity index (χ0v) is 9.58. The molecule has 0 aliphatic carbocycles. The van der Waals surface area contributed by atoms with Crippen LogP contribution in [0.5, 0.6) is 0 Å². The van der Waals surface area contributed by atoms with Crippen molar-refractivity contribution in [3.8, 4) is 0 Å². The van der Waals surface area contributed by atoms with Gasteiger partial charge in [0.1, 0.15) is 0 Å². The van der Waals surface area contributed by atoms with Crippen molar-refractivity contribution >= 4 is 0 Å². The zero-order chi connectivity index (χ0) is 10.4. The summed E-state index contributed by atoms with van der Waals surface area (Å²) >= 11 is 0. The van der Waals surface area contributed by atoms with E-state index in [0.29, 0.717) is 12.0 Å². The fourth-order valence-corrected chi connectivity index (χ4v) is 2.27. The zero-order valence-electron chi connectivity index (χ0n) is 9.58. The van der Waals surface area contributed by atoms with Gasteiger partial charge in [0.25, 0.3) is 0 Å². The van der Waals surface area contributed by atoms with Crippen LogP contribution in [0.25, 0.3) is 0 Å². The molecule has 0 spiro atoms. The third kappa shape index (κ3) is 3.23. The highest BCUT2D eigenvalue weighted by Crippen LogP contribution is 2.20. The molecule has 0 radical (unpaired) electrons. The molecule has 84 valence electrons. The molecule has 1 aliphatic heterocycles. The van der Waals surface area contributed by atoms with E-state index < -0.39 is 0 Å². The summed E-state index contributed by atoms with van der Waals surface area (Å²) < 4.78 is 11.1. The van der Waals surface area contributed by atoms with Gasteiger partial charge in [-0.25, -0.2) is 0 Å². The second-order valence-corrected chi connectivity index (χ2v) is 3.95. The highest BCUT2D eigenvalue weighted by atomic mass is 16.5. The van der Waals surface area contributed by atoms with Crippen LogP contribution < -0.4 is 5.32 Å². The van der Waals surface area contributed by atoms with Gasteiger partial charge in [0.15, 0.2) is 0 Å². The Hall–Kier alpha value is -0.120. The van der Waals surface area contributed by atoms with E-state index in [1.807, 2.05) is 14.0 Å². The van der Waals surface area contributed by atoms with Gasteiger partial charge in [0, 0.05) is 25.2 Å². The maximum absolute atomic E-state index is 5.63. The number of hydrogen-bond acceptors (Lipinski definition) is 3. The van der Waals surface area contributed by atoms with E-state index in [0.717, 1.165) is 19.8 Å². The molecule has 3 nitrogen and oxygen atoms in total. The van der Waals surface area contributed by atoms with Crippen molar-refractivity contribution in [2.24, 2.45) is 5.92 Å². The van der Waals surface area contributed by atoms with E-state index in [1.165, 1.54) is 12.8 Å². The molecule has 1 aliphatic rings. The fourth-order valence-electron chi connectivity index (χ4n) is 2.27. The lowest BCUT2D eigenvalue weighted by atomic mass is 9.90. The Balaban J connectivity index is 2.41. The molecule has 3 heteroatoms. The van der Waals surface area contributed by atoms with E-state index in [4.69, 9.17) is 9.47 Å². The first kappa shape index (κ1) is 12.0. The van der Waals surface area contributed by atoms with Crippen LogP contribution in [0.2, 0.25) is 0 Å². The maximum atomic E-state index is 5.63. The molecule has 3 atom stereocenters. The molecule has 1 N–H and O–H groups in total. The van der Waals surface area contributed by atoms with Crippen LogP contribution in [-0.4, -0.2) is 39.0 Å². The minimum atomic E-state index is 0.275. The fraction of sp³-hybridized carbons (Fsp3) is 1.00. The molecule has 14 heavy (non-hydrogen) atoms. The predicted molar refractivity (Wildman–Crippen MR) is 57.5 cm³/mol. The molecular formula is C11H23NO2. The number of nitrogens with one attached hydrogen (secondary N) is 1. The number of rotatable bonds is 5. The average molecular weight is 201 g/mol. The molecule has 1 fully saturated rings. The van der Waals surface area contributed by atoms with Gasteiger partial charge in [0.2, 0.25) is 0 Å². The van der Waals surface area contributed by atoms with Gasteiger partial charge in [0.05, 0.1) is 12.7 Å². The van der Waals surface area contributed by atoms with Crippen molar-refractivity contribution in [2.45, 2.75) is 38.8 Å². The first-order valence-electron chi connectivity index (χ1n) is 5.66. The van der Waals surface area contributed by atoms with E-state index in [9.17, 15) is 0 Å². The lowest BCUT2D eigenvalue weighted by molar-refractivity contribution is -0.0135. The Morgan fingerprint density at radius 2 is 2.36 bits per heavy atom. The second-order valence-electron chi connectivity index (χ2n) is 3.95. The third-order valence-corrected chi connectivity index (χ3v) is 2.97. The smallest absolute Gasteiger partial charge is 0.0703 e. The highest BCUT2D eigenvalue weighted by Gasteiger charge is 2.27. The topological polar surface area (TPSA) is 30.5 Å². The van der Waals surface area contributed by atoms with Crippen LogP contribution in [0.4, 0.5) is 0 Å². The third-order valence-electron chi connectivity index (χ3n) is 2.97. The van der Waals surface area contributed by atoms with Gasteiger partial charge in [-0.15, -0.1) is 0 Å². The van der Waals surface area contributed by atoms with Crippen molar-refractivity contribution in [3.05, 3.63) is 0 Å². The van der Waals surface area contributed by atoms with Crippen LogP contribution >= 0.6 is 0 Å². The largest absolute Gasteiger partial charge is 0.381 e. The molecule has 0 aromatic carbocycles. The van der Waals surface area contributed by atoms with Crippen LogP contribution in [0.15, 0.2) is 0 Å². The van der Waals surface area contributed by atoms with Crippen molar-refractivity contribution in [3.63, 3.8) is 0 Å². The van der Waals surface area contributed by atoms with Gasteiger partial charge in [-0.2, -0.15) is 0 Å². The van der Waals surface area contributed by atoms with Crippen molar-refractivity contribution in [2.75, 3.05) is 26.9 Å². The molecule has 3 unspecified atom stereocenters. The molecule has 0 saturated carbocycles. The van der Waals surface area contributed by atoms with E-state index in [-0.39, 0.29) is 6.10 Å². The summed E-state index contributed by atoms with van der Waals surface area (Å²) in [6, 6.07) is 0.426. The number of ether oxygens (including phenoxy) is 2. The molecule has 1 heterocycles. The van der Waals surface area contributed by atoms with Crippen LogP contribution in [0.3, 0.4) is 0 Å². The van der Waals surface area contributed by atoms with Crippen LogP contribution in [0, 0.1) is 5.92 Å². The van der Waals surface area contributed by atoms with Crippen LogP contribution in [0.1, 0.15) is 26.7 Å². The average Bonchev–Trinajstić information content (AvgIpc) is 2.21. The summed E-state index contributed by atoms with van der Waals surface area (Å²) in [4.78, 5) is 0. The Bertz CT molecular complexity index is 146. The molecule has 0 bridgehead atoms. The lowest BCUT2D eigenvalue weighted by Gasteiger charge is -2.33. The van der Waals surface area contributed by atoms with Gasteiger partial charge < -0.3 is 14.8 Å². The minimum Gasteiger partial charge on any atom is -0.381 e. The van der Waals surface area contributed by atoms with E-state index >= 15 is 0 Å². The summed E-state index contributed by atoms with van der Waals surface area (Å²) in [5, 5.41) is 3.35. The van der Waals surface area contributed by atoms with Gasteiger partial charge in [-0.3, -0.25) is 0 Å². The molecule has 1 saturated heterocycles. The quantitative estimate of drug-likeness (QED) is 0.730. The van der Waals surface area contributed by atoms with E-state index in [2.05, 4.69) is 12.2 Å². The highest BCUT2D eigenvalue weighted by molar-refractivity contribution is 4.82. The van der Waals surface area contributed by atoms with Gasteiger partial charge in [-0.05, 0) is 33.7 Å². The first-order chi connectivity index (χ1) is 6.79. The first-order valence-corrected chi connectivity index (χ1v) is 5.66. The van der Waals surface area contributed by atoms with Gasteiger partial charge in [-0.1, -0.05) is 0 Å². The predicted octanol–water partition coefficient (Wildman–Crippen LogP) is 1.43. The SMILES string of the molecule is CCOC(C)C(NC)C1CCCOC1. The Morgan fingerprint density at radius 1 is 1.57 bits per heavy atom. The summed E-state index contributed by atoms with van der Waals surface area (Å²) in [6.45, 7) is 6.77. The second kappa shape index (κ2) is 6.38. The van der Waals surface area contributed by atoms with Crippen LogP contribution in [-0.2, 0) is 9.47 Å². The monoisotopic (exact) mass is 201 g/mol. The standard InChI is InChI=1S/C11H23NO2/c1-4-14-9(2)11(12-3)10-6-5-7-13-8-10/h9-12H,4-8H2,1-3H3. The number of likely N-dealkylation sites (N-methyl/N-ethyl adjacent to an activating group) is 1. The Kier molecular flexibility index (Phi) is 5.45. The summed E-state index contributed by atoms with van der Waals surface area (Å²) in [6.07, 6.45) is 2.71. The molecule has 1 rings (SSSR count). The summed E-state index contributed by atoms with van der Waals surface area (Å²) in [5.41, 5.74) is 0. The maximum Gasteiger partial charge on any atom is 0.0703 e.